The predicted octanol–water partition coefficient (Wildman–Crippen LogP) is 5.45. The van der Waals surface area contributed by atoms with Gasteiger partial charge in [0, 0.05) is 38.2 Å². The van der Waals surface area contributed by atoms with Crippen molar-refractivity contribution in [3.05, 3.63) is 90.0 Å². The first kappa shape index (κ1) is 22.1. The van der Waals surface area contributed by atoms with Crippen molar-refractivity contribution in [2.45, 2.75) is 19.8 Å². The fourth-order valence-electron chi connectivity index (χ4n) is 3.60. The van der Waals surface area contributed by atoms with E-state index in [1.54, 1.807) is 35.8 Å². The molecular formula is C26H29N3O2. The molecule has 0 radical (unpaired) electrons. The maximum absolute atomic E-state index is 13.1. The number of carbonyl (C=O) groups is 2. The zero-order valence-electron chi connectivity index (χ0n) is 18.7. The van der Waals surface area contributed by atoms with E-state index >= 15 is 0 Å². The summed E-state index contributed by atoms with van der Waals surface area (Å²) in [6.07, 6.45) is 0. The first-order chi connectivity index (χ1) is 14.8. The number of hydrogen-bond acceptors (Lipinski definition) is 2. The van der Waals surface area contributed by atoms with Crippen molar-refractivity contribution in [1.29, 1.82) is 0 Å². The molecule has 3 aromatic rings. The second-order valence-electron chi connectivity index (χ2n) is 7.73. The summed E-state index contributed by atoms with van der Waals surface area (Å²) in [5, 5.41) is 0. The molecule has 3 aromatic carbocycles. The molecule has 0 spiro atoms. The van der Waals surface area contributed by atoms with Crippen LogP contribution < -0.4 is 14.7 Å². The number of benzene rings is 3. The molecule has 31 heavy (non-hydrogen) atoms. The molecule has 3 amide bonds. The van der Waals surface area contributed by atoms with Crippen molar-refractivity contribution < 1.29 is 9.59 Å². The average molecular weight is 416 g/mol. The Balaban J connectivity index is 1.83. The van der Waals surface area contributed by atoms with Crippen LogP contribution in [-0.4, -0.2) is 33.1 Å². The van der Waals surface area contributed by atoms with Gasteiger partial charge in [-0.15, -0.1) is 0 Å². The molecule has 5 heteroatoms. The molecule has 1 atom stereocenters. The van der Waals surface area contributed by atoms with Crippen molar-refractivity contribution in [3.63, 3.8) is 0 Å². The highest BCUT2D eigenvalue weighted by Crippen LogP contribution is 2.28. The lowest BCUT2D eigenvalue weighted by molar-refractivity contribution is -0.119. The minimum absolute atomic E-state index is 0.00170. The molecule has 5 nitrogen and oxygen atoms in total. The van der Waals surface area contributed by atoms with E-state index in [0.717, 1.165) is 28.2 Å². The van der Waals surface area contributed by atoms with Gasteiger partial charge in [0.1, 0.15) is 0 Å². The maximum Gasteiger partial charge on any atom is 0.328 e. The van der Waals surface area contributed by atoms with E-state index in [-0.39, 0.29) is 17.9 Å². The number of aryl methyl sites for hydroxylation is 1. The normalized spacial score (nSPS) is 11.5. The van der Waals surface area contributed by atoms with Gasteiger partial charge >= 0.3 is 6.03 Å². The molecule has 0 fully saturated rings. The Morgan fingerprint density at radius 2 is 1.16 bits per heavy atom. The third-order valence-corrected chi connectivity index (χ3v) is 5.68. The number of hydrogen-bond donors (Lipinski definition) is 0. The number of anilines is 3. The Labute approximate surface area is 184 Å². The van der Waals surface area contributed by atoms with Crippen LogP contribution in [0.1, 0.15) is 24.0 Å². The standard InChI is InChI=1S/C26H29N3O2/c1-19-16-17-23(29(5)26(31)28(4)22-14-10-7-11-15-22)18-24(19)20(2)25(30)27(3)21-12-8-6-9-13-21/h6-18,20H,1-5H3. The van der Waals surface area contributed by atoms with E-state index in [9.17, 15) is 9.59 Å². The van der Waals surface area contributed by atoms with Gasteiger partial charge < -0.3 is 4.90 Å². The van der Waals surface area contributed by atoms with Crippen molar-refractivity contribution in [2.24, 2.45) is 0 Å². The predicted molar refractivity (Wildman–Crippen MR) is 128 cm³/mol. The summed E-state index contributed by atoms with van der Waals surface area (Å²) in [6, 6.07) is 24.8. The molecule has 3 rings (SSSR count). The van der Waals surface area contributed by atoms with Crippen molar-refractivity contribution >= 4 is 29.0 Å². The molecule has 0 aromatic heterocycles. The highest BCUT2D eigenvalue weighted by Gasteiger charge is 2.24. The molecular weight excluding hydrogens is 386 g/mol. The van der Waals surface area contributed by atoms with Crippen LogP contribution in [0.15, 0.2) is 78.9 Å². The number of nitrogens with zero attached hydrogens (tertiary/aromatic N) is 3. The Bertz CT molecular complexity index is 1050. The maximum atomic E-state index is 13.1. The molecule has 0 bridgehead atoms. The summed E-state index contributed by atoms with van der Waals surface area (Å²) >= 11 is 0. The fourth-order valence-corrected chi connectivity index (χ4v) is 3.60. The van der Waals surface area contributed by atoms with Crippen molar-refractivity contribution in [2.75, 3.05) is 35.8 Å². The van der Waals surface area contributed by atoms with Gasteiger partial charge in [-0.05, 0) is 61.4 Å². The SMILES string of the molecule is Cc1ccc(N(C)C(=O)N(C)c2ccccc2)cc1C(C)C(=O)N(C)c1ccccc1. The van der Waals surface area contributed by atoms with E-state index in [1.807, 2.05) is 92.7 Å². The summed E-state index contributed by atoms with van der Waals surface area (Å²) in [4.78, 5) is 31.0. The Morgan fingerprint density at radius 1 is 0.677 bits per heavy atom. The van der Waals surface area contributed by atoms with Crippen LogP contribution in [0.25, 0.3) is 0 Å². The third kappa shape index (κ3) is 4.77. The van der Waals surface area contributed by atoms with E-state index < -0.39 is 0 Å². The number of likely N-dealkylation sites (N-methyl/N-ethyl adjacent to an activating group) is 1. The minimum Gasteiger partial charge on any atom is -0.315 e. The fraction of sp³-hybridized carbons (Fsp3) is 0.231. The molecule has 0 saturated heterocycles. The molecule has 0 N–H and O–H groups in total. The molecule has 1 unspecified atom stereocenters. The number of para-hydroxylation sites is 2. The van der Waals surface area contributed by atoms with Gasteiger partial charge in [-0.3, -0.25) is 14.6 Å². The lowest BCUT2D eigenvalue weighted by Gasteiger charge is -2.27. The summed E-state index contributed by atoms with van der Waals surface area (Å²) < 4.78 is 0. The highest BCUT2D eigenvalue weighted by atomic mass is 16.2. The van der Waals surface area contributed by atoms with Crippen LogP contribution in [0.3, 0.4) is 0 Å². The molecule has 160 valence electrons. The van der Waals surface area contributed by atoms with E-state index in [1.165, 1.54) is 0 Å². The molecule has 0 heterocycles. The quantitative estimate of drug-likeness (QED) is 0.556. The molecule has 0 aliphatic heterocycles. The van der Waals surface area contributed by atoms with Crippen LogP contribution in [-0.2, 0) is 4.79 Å². The first-order valence-corrected chi connectivity index (χ1v) is 10.3. The number of urea groups is 1. The smallest absolute Gasteiger partial charge is 0.315 e. The van der Waals surface area contributed by atoms with E-state index in [0.29, 0.717) is 0 Å². The highest BCUT2D eigenvalue weighted by molar-refractivity contribution is 6.03. The number of carbonyl (C=O) groups excluding carboxylic acids is 2. The second-order valence-corrected chi connectivity index (χ2v) is 7.73. The summed E-state index contributed by atoms with van der Waals surface area (Å²) in [5.41, 5.74) is 4.34. The molecule has 0 aliphatic carbocycles. The number of amides is 3. The lowest BCUT2D eigenvalue weighted by atomic mass is 9.94. The van der Waals surface area contributed by atoms with Gasteiger partial charge in [0.05, 0.1) is 5.92 Å². The Kier molecular flexibility index (Phi) is 6.75. The largest absolute Gasteiger partial charge is 0.328 e. The topological polar surface area (TPSA) is 43.9 Å². The monoisotopic (exact) mass is 415 g/mol. The van der Waals surface area contributed by atoms with Gasteiger partial charge in [-0.2, -0.15) is 0 Å². The third-order valence-electron chi connectivity index (χ3n) is 5.68. The van der Waals surface area contributed by atoms with Crippen LogP contribution in [0.2, 0.25) is 0 Å². The van der Waals surface area contributed by atoms with Gasteiger partial charge in [0.25, 0.3) is 0 Å². The Hall–Kier alpha value is -3.60. The van der Waals surface area contributed by atoms with Gasteiger partial charge in [-0.1, -0.05) is 42.5 Å². The zero-order chi connectivity index (χ0) is 22.5. The lowest BCUT2D eigenvalue weighted by Crippen LogP contribution is -2.39. The average Bonchev–Trinajstić information content (AvgIpc) is 2.82. The van der Waals surface area contributed by atoms with Gasteiger partial charge in [0.2, 0.25) is 5.91 Å². The molecule has 0 aliphatic rings. The van der Waals surface area contributed by atoms with Crippen molar-refractivity contribution in [1.82, 2.24) is 0 Å². The van der Waals surface area contributed by atoms with Gasteiger partial charge in [0.15, 0.2) is 0 Å². The van der Waals surface area contributed by atoms with Crippen LogP contribution in [0.4, 0.5) is 21.9 Å². The summed E-state index contributed by atoms with van der Waals surface area (Å²) in [5.74, 6) is -0.345. The number of rotatable bonds is 5. The van der Waals surface area contributed by atoms with Crippen LogP contribution in [0, 0.1) is 6.92 Å². The van der Waals surface area contributed by atoms with Crippen molar-refractivity contribution in [3.8, 4) is 0 Å². The molecule has 0 saturated carbocycles. The summed E-state index contributed by atoms with van der Waals surface area (Å²) in [7, 11) is 5.29. The first-order valence-electron chi connectivity index (χ1n) is 10.3. The zero-order valence-corrected chi connectivity index (χ0v) is 18.7. The van der Waals surface area contributed by atoms with Crippen LogP contribution >= 0.6 is 0 Å². The Morgan fingerprint density at radius 3 is 1.71 bits per heavy atom. The van der Waals surface area contributed by atoms with Gasteiger partial charge in [-0.25, -0.2) is 4.79 Å². The van der Waals surface area contributed by atoms with E-state index in [2.05, 4.69) is 0 Å². The summed E-state index contributed by atoms with van der Waals surface area (Å²) in [6.45, 7) is 3.90. The minimum atomic E-state index is -0.347. The van der Waals surface area contributed by atoms with E-state index in [4.69, 9.17) is 0 Å². The van der Waals surface area contributed by atoms with Crippen LogP contribution in [0.5, 0.6) is 0 Å². The second kappa shape index (κ2) is 9.47.